The summed E-state index contributed by atoms with van der Waals surface area (Å²) in [4.78, 5) is 39.8. The van der Waals surface area contributed by atoms with E-state index in [1.165, 1.54) is 17.8 Å². The molecule has 0 spiro atoms. The Morgan fingerprint density at radius 3 is 2.23 bits per heavy atom. The number of thioether (sulfide) groups is 1. The summed E-state index contributed by atoms with van der Waals surface area (Å²) in [7, 11) is 0. The molecule has 6 nitrogen and oxygen atoms in total. The van der Waals surface area contributed by atoms with E-state index in [4.69, 9.17) is 28.9 Å². The number of aliphatic carboxylic acids is 1. The van der Waals surface area contributed by atoms with Crippen molar-refractivity contribution in [2.75, 3.05) is 19.3 Å². The number of rotatable bonds is 6. The average molecular weight is 487 g/mol. The number of carbonyl (C=O) groups excluding carboxylic acids is 2. The number of Topliss-reactive ketones (excluding diaryl/α,β-unsaturated/α-hetero) is 1. The van der Waals surface area contributed by atoms with Crippen LogP contribution in [0.25, 0.3) is 6.08 Å². The minimum absolute atomic E-state index is 0.208. The third kappa shape index (κ3) is 5.28. The zero-order valence-corrected chi connectivity index (χ0v) is 20.4. The molecule has 1 aromatic carbocycles. The number of piperidine rings is 1. The van der Waals surface area contributed by atoms with Gasteiger partial charge < -0.3 is 15.7 Å². The third-order valence-electron chi connectivity index (χ3n) is 5.79. The second kappa shape index (κ2) is 9.94. The van der Waals surface area contributed by atoms with E-state index in [-0.39, 0.29) is 5.91 Å². The number of carboxylic acid groups (broad SMARTS) is 1. The second-order valence-electron chi connectivity index (χ2n) is 8.65. The van der Waals surface area contributed by atoms with E-state index in [1.54, 1.807) is 37.8 Å². The van der Waals surface area contributed by atoms with Crippen LogP contribution in [0.1, 0.15) is 39.2 Å². The summed E-state index contributed by atoms with van der Waals surface area (Å²) in [6.07, 6.45) is 5.69. The topological polar surface area (TPSA) is 101 Å². The number of amides is 1. The summed E-state index contributed by atoms with van der Waals surface area (Å²) < 4.78 is 0. The molecule has 0 aliphatic carbocycles. The van der Waals surface area contributed by atoms with Crippen LogP contribution in [-0.2, 0) is 14.4 Å². The van der Waals surface area contributed by atoms with Crippen LogP contribution in [-0.4, -0.2) is 52.6 Å². The summed E-state index contributed by atoms with van der Waals surface area (Å²) >= 11 is 14.0. The van der Waals surface area contributed by atoms with E-state index < -0.39 is 28.6 Å². The van der Waals surface area contributed by atoms with Crippen LogP contribution >= 0.6 is 35.0 Å². The van der Waals surface area contributed by atoms with Gasteiger partial charge in [-0.15, -0.1) is 11.8 Å². The Morgan fingerprint density at radius 2 is 1.74 bits per heavy atom. The van der Waals surface area contributed by atoms with Crippen molar-refractivity contribution in [2.45, 2.75) is 44.0 Å². The number of nitrogens with zero attached hydrogens (tertiary/aromatic N) is 1. The zero-order chi connectivity index (χ0) is 23.6. The molecule has 1 aliphatic heterocycles. The highest BCUT2D eigenvalue weighted by molar-refractivity contribution is 7.98. The Balaban J connectivity index is 2.05. The first-order valence-corrected chi connectivity index (χ1v) is 11.9. The van der Waals surface area contributed by atoms with Crippen LogP contribution in [0.3, 0.4) is 0 Å². The molecule has 1 aliphatic rings. The standard InChI is InChI=1S/C22H28Cl2N2O4S/c1-21(2,3)22(25,20(29)30)19(28)14-9-11-26(12-10-14)16(27)8-6-13-5-7-15(31-4)18(24)17(13)23/h5-8,14H,9-12,25H2,1-4H3,(H,29,30). The third-order valence-corrected chi connectivity index (χ3v) is 7.58. The number of nitrogens with two attached hydrogens (primary N) is 1. The van der Waals surface area contributed by atoms with Gasteiger partial charge in [-0.3, -0.25) is 9.59 Å². The van der Waals surface area contributed by atoms with Gasteiger partial charge in [0.15, 0.2) is 11.3 Å². The van der Waals surface area contributed by atoms with Crippen LogP contribution < -0.4 is 5.73 Å². The molecule has 1 amide bonds. The number of likely N-dealkylation sites (tertiary alicyclic amines) is 1. The fourth-order valence-electron chi connectivity index (χ4n) is 3.58. The van der Waals surface area contributed by atoms with E-state index in [0.29, 0.717) is 41.5 Å². The summed E-state index contributed by atoms with van der Waals surface area (Å²) in [5.74, 6) is -2.51. The van der Waals surface area contributed by atoms with E-state index in [9.17, 15) is 19.5 Å². The van der Waals surface area contributed by atoms with Crippen molar-refractivity contribution < 1.29 is 19.5 Å². The molecule has 2 rings (SSSR count). The van der Waals surface area contributed by atoms with Crippen molar-refractivity contribution in [3.05, 3.63) is 33.8 Å². The molecular weight excluding hydrogens is 459 g/mol. The molecule has 1 atom stereocenters. The Bertz CT molecular complexity index is 906. The number of ketones is 1. The lowest BCUT2D eigenvalue weighted by Crippen LogP contribution is -2.65. The molecule has 3 N–H and O–H groups in total. The highest BCUT2D eigenvalue weighted by atomic mass is 35.5. The van der Waals surface area contributed by atoms with Crippen LogP contribution in [0.5, 0.6) is 0 Å². The molecule has 1 saturated heterocycles. The first kappa shape index (κ1) is 25.7. The maximum Gasteiger partial charge on any atom is 0.332 e. The lowest BCUT2D eigenvalue weighted by atomic mass is 9.67. The van der Waals surface area contributed by atoms with Crippen LogP contribution in [0.15, 0.2) is 23.1 Å². The number of hydrogen-bond donors (Lipinski definition) is 2. The molecule has 1 aromatic rings. The first-order chi connectivity index (χ1) is 14.3. The van der Waals surface area contributed by atoms with Crippen LogP contribution in [0, 0.1) is 11.3 Å². The summed E-state index contributed by atoms with van der Waals surface area (Å²) in [5.41, 5.74) is 3.82. The molecule has 1 heterocycles. The fourth-order valence-corrected chi connectivity index (χ4v) is 4.75. The Kier molecular flexibility index (Phi) is 8.25. The van der Waals surface area contributed by atoms with Gasteiger partial charge in [0, 0.05) is 30.0 Å². The Hall–Kier alpha value is -1.54. The molecule has 0 aromatic heterocycles. The molecule has 0 radical (unpaired) electrons. The van der Waals surface area contributed by atoms with E-state index in [2.05, 4.69) is 0 Å². The zero-order valence-electron chi connectivity index (χ0n) is 18.1. The van der Waals surface area contributed by atoms with Gasteiger partial charge >= 0.3 is 5.97 Å². The molecule has 1 unspecified atom stereocenters. The van der Waals surface area contributed by atoms with Crippen molar-refractivity contribution in [3.8, 4) is 0 Å². The van der Waals surface area contributed by atoms with Gasteiger partial charge in [-0.05, 0) is 42.2 Å². The van der Waals surface area contributed by atoms with Gasteiger partial charge in [0.25, 0.3) is 0 Å². The summed E-state index contributed by atoms with van der Waals surface area (Å²) in [5, 5.41) is 10.5. The number of carbonyl (C=O) groups is 3. The van der Waals surface area contributed by atoms with Crippen LogP contribution in [0.4, 0.5) is 0 Å². The van der Waals surface area contributed by atoms with Crippen molar-refractivity contribution in [1.82, 2.24) is 4.90 Å². The normalized spacial score (nSPS) is 17.6. The van der Waals surface area contributed by atoms with Gasteiger partial charge in [-0.25, -0.2) is 4.79 Å². The van der Waals surface area contributed by atoms with E-state index >= 15 is 0 Å². The predicted octanol–water partition coefficient (Wildman–Crippen LogP) is 4.36. The highest BCUT2D eigenvalue weighted by Crippen LogP contribution is 2.36. The second-order valence-corrected chi connectivity index (χ2v) is 10.2. The number of carboxylic acids is 1. The average Bonchev–Trinajstić information content (AvgIpc) is 2.72. The maximum atomic E-state index is 13.0. The van der Waals surface area contributed by atoms with Crippen molar-refractivity contribution in [1.29, 1.82) is 0 Å². The number of benzene rings is 1. The van der Waals surface area contributed by atoms with Crippen molar-refractivity contribution in [2.24, 2.45) is 17.1 Å². The van der Waals surface area contributed by atoms with Gasteiger partial charge in [-0.2, -0.15) is 0 Å². The van der Waals surface area contributed by atoms with E-state index in [1.807, 2.05) is 12.3 Å². The lowest BCUT2D eigenvalue weighted by molar-refractivity contribution is -0.156. The fraction of sp³-hybridized carbons (Fsp3) is 0.500. The van der Waals surface area contributed by atoms with Gasteiger partial charge in [0.2, 0.25) is 5.91 Å². The predicted molar refractivity (Wildman–Crippen MR) is 126 cm³/mol. The molecule has 0 saturated carbocycles. The summed E-state index contributed by atoms with van der Waals surface area (Å²) in [6.45, 7) is 5.63. The maximum absolute atomic E-state index is 13.0. The molecular formula is C22H28Cl2N2O4S. The number of hydrogen-bond acceptors (Lipinski definition) is 5. The molecule has 31 heavy (non-hydrogen) atoms. The molecule has 170 valence electrons. The molecule has 1 fully saturated rings. The largest absolute Gasteiger partial charge is 0.480 e. The highest BCUT2D eigenvalue weighted by Gasteiger charge is 2.53. The quantitative estimate of drug-likeness (QED) is 0.351. The van der Waals surface area contributed by atoms with Gasteiger partial charge in [0.05, 0.1) is 10.0 Å². The summed E-state index contributed by atoms with van der Waals surface area (Å²) in [6, 6.07) is 3.64. The number of halogens is 2. The lowest BCUT2D eigenvalue weighted by Gasteiger charge is -2.40. The van der Waals surface area contributed by atoms with Crippen molar-refractivity contribution >= 4 is 58.7 Å². The van der Waals surface area contributed by atoms with E-state index in [0.717, 1.165) is 4.90 Å². The van der Waals surface area contributed by atoms with Crippen molar-refractivity contribution in [3.63, 3.8) is 0 Å². The molecule has 0 bridgehead atoms. The SMILES string of the molecule is CSc1ccc(C=CC(=O)N2CCC(C(=O)C(N)(C(=O)O)C(C)(C)C)CC2)c(Cl)c1Cl. The monoisotopic (exact) mass is 486 g/mol. The Morgan fingerprint density at radius 1 is 1.16 bits per heavy atom. The van der Waals surface area contributed by atoms with Gasteiger partial charge in [-0.1, -0.05) is 50.0 Å². The Labute approximate surface area is 197 Å². The first-order valence-electron chi connectivity index (χ1n) is 9.90. The minimum Gasteiger partial charge on any atom is -0.480 e. The molecule has 9 heteroatoms. The minimum atomic E-state index is -1.97. The van der Waals surface area contributed by atoms with Gasteiger partial charge in [0.1, 0.15) is 0 Å². The van der Waals surface area contributed by atoms with Crippen LogP contribution in [0.2, 0.25) is 10.0 Å². The smallest absolute Gasteiger partial charge is 0.332 e.